The van der Waals surface area contributed by atoms with Gasteiger partial charge in [0.15, 0.2) is 0 Å². The molecule has 0 aliphatic rings. The van der Waals surface area contributed by atoms with E-state index in [9.17, 15) is 28.1 Å². The fraction of sp³-hybridized carbons (Fsp3) is 0.222. The van der Waals surface area contributed by atoms with E-state index in [-0.39, 0.29) is 10.2 Å². The molecule has 0 saturated carbocycles. The third-order valence-electron chi connectivity index (χ3n) is 1.89. The van der Waals surface area contributed by atoms with Gasteiger partial charge in [-0.15, -0.1) is 0 Å². The Hall–Kier alpha value is -1.64. The Kier molecular flexibility index (Phi) is 3.95. The number of halogens is 4. The van der Waals surface area contributed by atoms with Crippen LogP contribution in [0.4, 0.5) is 24.5 Å². The highest BCUT2D eigenvalue weighted by Crippen LogP contribution is 2.39. The molecule has 0 spiro atoms. The topological polar surface area (TPSA) is 72.2 Å². The average molecular weight is 327 g/mol. The number of nitrogens with one attached hydrogen (secondary N) is 1. The molecule has 0 heterocycles. The summed E-state index contributed by atoms with van der Waals surface area (Å²) in [6.45, 7) is 1.09. The highest BCUT2D eigenvalue weighted by atomic mass is 79.9. The molecule has 1 N–H and O–H groups in total. The second-order valence-corrected chi connectivity index (χ2v) is 4.14. The Balaban J connectivity index is 3.45. The van der Waals surface area contributed by atoms with Crippen molar-refractivity contribution in [1.82, 2.24) is 0 Å². The summed E-state index contributed by atoms with van der Waals surface area (Å²) in [6, 6.07) is 1.04. The molecule has 1 aromatic carbocycles. The summed E-state index contributed by atoms with van der Waals surface area (Å²) in [6.07, 6.45) is -4.71. The van der Waals surface area contributed by atoms with Gasteiger partial charge in [0.05, 0.1) is 10.5 Å². The number of carbonyl (C=O) groups is 1. The van der Waals surface area contributed by atoms with Gasteiger partial charge in [0.1, 0.15) is 5.69 Å². The number of alkyl halides is 3. The normalized spacial score (nSPS) is 11.2. The van der Waals surface area contributed by atoms with Crippen LogP contribution in [0.2, 0.25) is 0 Å². The number of hydrogen-bond acceptors (Lipinski definition) is 3. The van der Waals surface area contributed by atoms with Crippen molar-refractivity contribution >= 4 is 33.2 Å². The first-order valence-electron chi connectivity index (χ1n) is 4.45. The van der Waals surface area contributed by atoms with Crippen LogP contribution in [0.5, 0.6) is 0 Å². The summed E-state index contributed by atoms with van der Waals surface area (Å²) < 4.78 is 37.2. The maximum Gasteiger partial charge on any atom is 0.416 e. The molecule has 0 saturated heterocycles. The van der Waals surface area contributed by atoms with E-state index in [0.29, 0.717) is 12.1 Å². The summed E-state index contributed by atoms with van der Waals surface area (Å²) in [4.78, 5) is 20.6. The van der Waals surface area contributed by atoms with E-state index < -0.39 is 28.3 Å². The Bertz CT molecular complexity index is 517. The van der Waals surface area contributed by atoms with Crippen molar-refractivity contribution in [1.29, 1.82) is 0 Å². The van der Waals surface area contributed by atoms with Crippen molar-refractivity contribution in [2.45, 2.75) is 13.1 Å². The number of rotatable bonds is 2. The second kappa shape index (κ2) is 4.92. The SMILES string of the molecule is CC(=O)Nc1c(Br)cc(C(F)(F)F)cc1[N+](=O)[O-]. The van der Waals surface area contributed by atoms with E-state index in [1.54, 1.807) is 0 Å². The number of amides is 1. The lowest BCUT2D eigenvalue weighted by Crippen LogP contribution is -2.11. The molecule has 18 heavy (non-hydrogen) atoms. The van der Waals surface area contributed by atoms with Gasteiger partial charge in [-0.25, -0.2) is 0 Å². The molecule has 0 radical (unpaired) electrons. The largest absolute Gasteiger partial charge is 0.416 e. The zero-order valence-corrected chi connectivity index (χ0v) is 10.4. The van der Waals surface area contributed by atoms with Crippen LogP contribution in [0.1, 0.15) is 12.5 Å². The van der Waals surface area contributed by atoms with Gasteiger partial charge in [0.2, 0.25) is 5.91 Å². The zero-order valence-electron chi connectivity index (χ0n) is 8.84. The molecule has 9 heteroatoms. The van der Waals surface area contributed by atoms with Crippen molar-refractivity contribution in [3.63, 3.8) is 0 Å². The van der Waals surface area contributed by atoms with Crippen molar-refractivity contribution in [2.24, 2.45) is 0 Å². The smallest absolute Gasteiger partial charge is 0.320 e. The predicted molar refractivity (Wildman–Crippen MR) is 60.1 cm³/mol. The Labute approximate surface area is 107 Å². The molecule has 1 amide bonds. The summed E-state index contributed by atoms with van der Waals surface area (Å²) in [7, 11) is 0. The van der Waals surface area contributed by atoms with Gasteiger partial charge in [-0.1, -0.05) is 0 Å². The third kappa shape index (κ3) is 3.19. The number of nitrogens with zero attached hydrogens (tertiary/aromatic N) is 1. The highest BCUT2D eigenvalue weighted by molar-refractivity contribution is 9.10. The quantitative estimate of drug-likeness (QED) is 0.669. The van der Waals surface area contributed by atoms with E-state index >= 15 is 0 Å². The number of benzene rings is 1. The van der Waals surface area contributed by atoms with Gasteiger partial charge in [0.25, 0.3) is 5.69 Å². The van der Waals surface area contributed by atoms with Crippen LogP contribution in [0.25, 0.3) is 0 Å². The molecule has 0 aliphatic heterocycles. The van der Waals surface area contributed by atoms with E-state index in [1.165, 1.54) is 0 Å². The van der Waals surface area contributed by atoms with Crippen LogP contribution in [0.3, 0.4) is 0 Å². The van der Waals surface area contributed by atoms with Crippen molar-refractivity contribution in [3.8, 4) is 0 Å². The first-order valence-corrected chi connectivity index (χ1v) is 5.25. The van der Waals surface area contributed by atoms with E-state index in [2.05, 4.69) is 21.2 Å². The van der Waals surface area contributed by atoms with Crippen molar-refractivity contribution in [2.75, 3.05) is 5.32 Å². The monoisotopic (exact) mass is 326 g/mol. The lowest BCUT2D eigenvalue weighted by molar-refractivity contribution is -0.384. The number of anilines is 1. The minimum absolute atomic E-state index is 0.209. The highest BCUT2D eigenvalue weighted by Gasteiger charge is 2.34. The molecule has 1 aromatic rings. The van der Waals surface area contributed by atoms with Crippen LogP contribution in [0, 0.1) is 10.1 Å². The van der Waals surface area contributed by atoms with Crippen LogP contribution < -0.4 is 5.32 Å². The molecule has 1 rings (SSSR count). The first-order chi connectivity index (χ1) is 8.12. The summed E-state index contributed by atoms with van der Waals surface area (Å²) in [5.41, 5.74) is -2.30. The minimum atomic E-state index is -4.71. The number of hydrogen-bond donors (Lipinski definition) is 1. The zero-order chi connectivity index (χ0) is 14.1. The molecular formula is C9H6BrF3N2O3. The van der Waals surface area contributed by atoms with Crippen molar-refractivity contribution < 1.29 is 22.9 Å². The van der Waals surface area contributed by atoms with Gasteiger partial charge in [-0.3, -0.25) is 14.9 Å². The molecule has 98 valence electrons. The second-order valence-electron chi connectivity index (χ2n) is 3.29. The van der Waals surface area contributed by atoms with E-state index in [4.69, 9.17) is 0 Å². The lowest BCUT2D eigenvalue weighted by Gasteiger charge is -2.11. The van der Waals surface area contributed by atoms with Gasteiger partial charge in [-0.05, 0) is 22.0 Å². The molecule has 5 nitrogen and oxygen atoms in total. The van der Waals surface area contributed by atoms with E-state index in [1.807, 2.05) is 0 Å². The Morgan fingerprint density at radius 1 is 1.44 bits per heavy atom. The number of nitro groups is 1. The summed E-state index contributed by atoms with van der Waals surface area (Å²) in [5.74, 6) is -0.626. The maximum atomic E-state index is 12.5. The van der Waals surface area contributed by atoms with Gasteiger partial charge < -0.3 is 5.32 Å². The summed E-state index contributed by atoms with van der Waals surface area (Å²) in [5, 5.41) is 12.8. The molecular weight excluding hydrogens is 321 g/mol. The van der Waals surface area contributed by atoms with Crippen molar-refractivity contribution in [3.05, 3.63) is 32.3 Å². The maximum absolute atomic E-state index is 12.5. The van der Waals surface area contributed by atoms with Crippen LogP contribution in [0.15, 0.2) is 16.6 Å². The van der Waals surface area contributed by atoms with Crippen LogP contribution in [-0.2, 0) is 11.0 Å². The molecule has 0 atom stereocenters. The Morgan fingerprint density at radius 3 is 2.39 bits per heavy atom. The standard InChI is InChI=1S/C9H6BrF3N2O3/c1-4(16)14-8-6(10)2-5(9(11,12)13)3-7(8)15(17)18/h2-3H,1H3,(H,14,16). The third-order valence-corrected chi connectivity index (χ3v) is 2.52. The molecule has 0 unspecified atom stereocenters. The Morgan fingerprint density at radius 2 is 2.00 bits per heavy atom. The summed E-state index contributed by atoms with van der Waals surface area (Å²) >= 11 is 2.77. The van der Waals surface area contributed by atoms with Gasteiger partial charge >= 0.3 is 6.18 Å². The molecule has 0 aliphatic carbocycles. The minimum Gasteiger partial charge on any atom is -0.320 e. The lowest BCUT2D eigenvalue weighted by atomic mass is 10.1. The predicted octanol–water partition coefficient (Wildman–Crippen LogP) is 3.33. The fourth-order valence-corrected chi connectivity index (χ4v) is 1.75. The molecule has 0 bridgehead atoms. The first kappa shape index (κ1) is 14.4. The van der Waals surface area contributed by atoms with Crippen LogP contribution >= 0.6 is 15.9 Å². The fourth-order valence-electron chi connectivity index (χ4n) is 1.20. The molecule has 0 fully saturated rings. The van der Waals surface area contributed by atoms with Gasteiger partial charge in [0, 0.05) is 17.5 Å². The van der Waals surface area contributed by atoms with Crippen LogP contribution in [-0.4, -0.2) is 10.8 Å². The molecule has 0 aromatic heterocycles. The van der Waals surface area contributed by atoms with E-state index in [0.717, 1.165) is 6.92 Å². The number of carbonyl (C=O) groups excluding carboxylic acids is 1. The number of nitro benzene ring substituents is 1. The van der Waals surface area contributed by atoms with Gasteiger partial charge in [-0.2, -0.15) is 13.2 Å². The average Bonchev–Trinajstić information content (AvgIpc) is 2.17.